The summed E-state index contributed by atoms with van der Waals surface area (Å²) in [5.41, 5.74) is 0.432. The Kier molecular flexibility index (Phi) is 3.90. The highest BCUT2D eigenvalue weighted by Gasteiger charge is 2.41. The Bertz CT molecular complexity index is 958. The number of aliphatic carboxylic acids is 1. The molecule has 2 aromatic rings. The number of fused-ring (bicyclic) bond motifs is 1. The molecular weight excluding hydrogens is 339 g/mol. The molecule has 1 aliphatic rings. The van der Waals surface area contributed by atoms with Crippen LogP contribution in [0.25, 0.3) is 0 Å². The van der Waals surface area contributed by atoms with Crippen LogP contribution in [0.2, 0.25) is 0 Å². The maximum Gasteiger partial charge on any atom is 0.329 e. The number of Topliss-reactive ketones (excluding diaryl/α,β-unsaturated/α-hetero) is 1. The van der Waals surface area contributed by atoms with Crippen LogP contribution in [0.4, 0.5) is 4.39 Å². The first-order valence-corrected chi connectivity index (χ1v) is 8.29. The third-order valence-corrected chi connectivity index (χ3v) is 4.94. The maximum absolute atomic E-state index is 13.7. The van der Waals surface area contributed by atoms with Crippen LogP contribution in [-0.2, 0) is 21.2 Å². The van der Waals surface area contributed by atoms with Crippen molar-refractivity contribution in [3.63, 3.8) is 0 Å². The summed E-state index contributed by atoms with van der Waals surface area (Å²) in [7, 11) is -4.20. The molecule has 3 rings (SSSR count). The van der Waals surface area contributed by atoms with Gasteiger partial charge in [0.15, 0.2) is 16.9 Å². The zero-order valence-electron chi connectivity index (χ0n) is 12.1. The van der Waals surface area contributed by atoms with Crippen molar-refractivity contribution in [2.24, 2.45) is 0 Å². The van der Waals surface area contributed by atoms with E-state index < -0.39 is 38.7 Å². The average Bonchev–Trinajstić information content (AvgIpc) is 2.53. The predicted octanol–water partition coefficient (Wildman–Crippen LogP) is 0.739. The fourth-order valence-corrected chi connectivity index (χ4v) is 3.70. The number of carbonyl (C=O) groups excluding carboxylic acids is 1. The standard InChI is InChI=1S/C15H11FN2O5S/c16-11-4-2-1-3-9(11)5-8-6-10-13(19)12(15(20)21)18-24(22,23)14(10)17-7-8/h1-4,6-7,12,18H,5H2,(H,20,21). The third kappa shape index (κ3) is 2.79. The van der Waals surface area contributed by atoms with Gasteiger partial charge in [-0.3, -0.25) is 4.79 Å². The second kappa shape index (κ2) is 5.77. The minimum Gasteiger partial charge on any atom is -0.480 e. The number of halogens is 1. The molecule has 0 radical (unpaired) electrons. The fourth-order valence-electron chi connectivity index (χ4n) is 2.43. The number of nitrogens with zero attached hydrogens (tertiary/aromatic N) is 1. The van der Waals surface area contributed by atoms with Crippen molar-refractivity contribution in [3.8, 4) is 0 Å². The van der Waals surface area contributed by atoms with Gasteiger partial charge in [0.1, 0.15) is 5.82 Å². The molecule has 24 heavy (non-hydrogen) atoms. The lowest BCUT2D eigenvalue weighted by Gasteiger charge is -2.21. The van der Waals surface area contributed by atoms with E-state index in [4.69, 9.17) is 5.11 Å². The van der Waals surface area contributed by atoms with Crippen LogP contribution in [0.15, 0.2) is 41.6 Å². The Morgan fingerprint density at radius 3 is 2.71 bits per heavy atom. The van der Waals surface area contributed by atoms with Gasteiger partial charge >= 0.3 is 5.97 Å². The Balaban J connectivity index is 2.05. The molecule has 0 saturated carbocycles. The first-order valence-electron chi connectivity index (χ1n) is 6.81. The molecule has 124 valence electrons. The molecule has 1 atom stereocenters. The summed E-state index contributed by atoms with van der Waals surface area (Å²) in [6.07, 6.45) is 1.31. The summed E-state index contributed by atoms with van der Waals surface area (Å²) in [4.78, 5) is 27.0. The molecule has 0 amide bonds. The third-order valence-electron chi connectivity index (χ3n) is 3.56. The molecule has 9 heteroatoms. The summed E-state index contributed by atoms with van der Waals surface area (Å²) in [5.74, 6) is -2.96. The maximum atomic E-state index is 13.7. The van der Waals surface area contributed by atoms with Crippen molar-refractivity contribution in [1.29, 1.82) is 0 Å². The van der Waals surface area contributed by atoms with Crippen LogP contribution in [0.1, 0.15) is 21.5 Å². The van der Waals surface area contributed by atoms with Gasteiger partial charge in [-0.25, -0.2) is 22.6 Å². The average molecular weight is 350 g/mol. The van der Waals surface area contributed by atoms with E-state index in [0.717, 1.165) is 0 Å². The van der Waals surface area contributed by atoms with Crippen LogP contribution in [0.5, 0.6) is 0 Å². The van der Waals surface area contributed by atoms with Gasteiger partial charge in [-0.15, -0.1) is 0 Å². The van der Waals surface area contributed by atoms with E-state index in [2.05, 4.69) is 4.98 Å². The van der Waals surface area contributed by atoms with Crippen LogP contribution >= 0.6 is 0 Å². The number of hydrogen-bond donors (Lipinski definition) is 2. The van der Waals surface area contributed by atoms with E-state index in [0.29, 0.717) is 11.1 Å². The number of ketones is 1. The second-order valence-electron chi connectivity index (χ2n) is 5.22. The van der Waals surface area contributed by atoms with Crippen molar-refractivity contribution >= 4 is 21.8 Å². The van der Waals surface area contributed by atoms with E-state index in [1.165, 1.54) is 24.4 Å². The summed E-state index contributed by atoms with van der Waals surface area (Å²) >= 11 is 0. The number of sulfonamides is 1. The summed E-state index contributed by atoms with van der Waals surface area (Å²) in [5, 5.41) is 8.46. The van der Waals surface area contributed by atoms with Gasteiger partial charge in [-0.1, -0.05) is 18.2 Å². The van der Waals surface area contributed by atoms with E-state index in [1.807, 2.05) is 0 Å². The number of nitrogens with one attached hydrogen (secondary N) is 1. The van der Waals surface area contributed by atoms with Crippen LogP contribution in [0.3, 0.4) is 0 Å². The SMILES string of the molecule is O=C(O)C1NS(=O)(=O)c2ncc(Cc3ccccc3F)cc2C1=O. The van der Waals surface area contributed by atoms with Crippen LogP contribution < -0.4 is 4.72 Å². The predicted molar refractivity (Wildman–Crippen MR) is 79.5 cm³/mol. The largest absolute Gasteiger partial charge is 0.480 e. The number of rotatable bonds is 3. The topological polar surface area (TPSA) is 113 Å². The van der Waals surface area contributed by atoms with Gasteiger partial charge in [0.25, 0.3) is 10.0 Å². The van der Waals surface area contributed by atoms with E-state index in [9.17, 15) is 22.4 Å². The highest BCUT2D eigenvalue weighted by Crippen LogP contribution is 2.23. The van der Waals surface area contributed by atoms with Crippen molar-refractivity contribution in [1.82, 2.24) is 9.71 Å². The second-order valence-corrected chi connectivity index (χ2v) is 6.85. The number of carboxylic acids is 1. The van der Waals surface area contributed by atoms with Crippen LogP contribution in [0, 0.1) is 5.82 Å². The number of benzene rings is 1. The number of aromatic nitrogens is 1. The van der Waals surface area contributed by atoms with Crippen molar-refractivity contribution < 1.29 is 27.5 Å². The summed E-state index contributed by atoms with van der Waals surface area (Å²) in [6, 6.07) is 5.35. The molecule has 2 heterocycles. The molecular formula is C15H11FN2O5S. The van der Waals surface area contributed by atoms with Crippen LogP contribution in [-0.4, -0.2) is 36.3 Å². The highest BCUT2D eigenvalue weighted by molar-refractivity contribution is 7.89. The lowest BCUT2D eigenvalue weighted by atomic mass is 10.0. The molecule has 7 nitrogen and oxygen atoms in total. The first-order chi connectivity index (χ1) is 11.3. The monoisotopic (exact) mass is 350 g/mol. The van der Waals surface area contributed by atoms with Gasteiger partial charge in [0.2, 0.25) is 0 Å². The Morgan fingerprint density at radius 2 is 2.04 bits per heavy atom. The molecule has 1 aromatic heterocycles. The molecule has 0 bridgehead atoms. The fraction of sp³-hybridized carbons (Fsp3) is 0.133. The van der Waals surface area contributed by atoms with Gasteiger partial charge in [-0.05, 0) is 23.3 Å². The molecule has 1 unspecified atom stereocenters. The van der Waals surface area contributed by atoms with Gasteiger partial charge in [-0.2, -0.15) is 4.72 Å². The van der Waals surface area contributed by atoms with Crippen molar-refractivity contribution in [2.45, 2.75) is 17.5 Å². The minimum atomic E-state index is -4.20. The molecule has 1 aromatic carbocycles. The minimum absolute atomic E-state index is 0.0887. The molecule has 2 N–H and O–H groups in total. The van der Waals surface area contributed by atoms with E-state index >= 15 is 0 Å². The van der Waals surface area contributed by atoms with Gasteiger partial charge in [0, 0.05) is 12.6 Å². The highest BCUT2D eigenvalue weighted by atomic mass is 32.2. The Labute approximate surface area is 136 Å². The number of pyridine rings is 1. The Hall–Kier alpha value is -2.65. The van der Waals surface area contributed by atoms with Crippen molar-refractivity contribution in [3.05, 3.63) is 59.0 Å². The Morgan fingerprint density at radius 1 is 1.33 bits per heavy atom. The summed E-state index contributed by atoms with van der Waals surface area (Å²) in [6.45, 7) is 0. The number of carbonyl (C=O) groups is 2. The van der Waals surface area contributed by atoms with E-state index in [1.54, 1.807) is 16.9 Å². The van der Waals surface area contributed by atoms with Crippen molar-refractivity contribution in [2.75, 3.05) is 0 Å². The lowest BCUT2D eigenvalue weighted by molar-refractivity contribution is -0.137. The molecule has 1 aliphatic heterocycles. The molecule has 0 aliphatic carbocycles. The summed E-state index contributed by atoms with van der Waals surface area (Å²) < 4.78 is 39.5. The molecule has 0 spiro atoms. The van der Waals surface area contributed by atoms with E-state index in [-0.39, 0.29) is 12.0 Å². The zero-order valence-corrected chi connectivity index (χ0v) is 12.9. The number of hydrogen-bond acceptors (Lipinski definition) is 5. The lowest BCUT2D eigenvalue weighted by Crippen LogP contribution is -2.50. The number of carboxylic acid groups (broad SMARTS) is 1. The normalized spacial score (nSPS) is 18.9. The first kappa shape index (κ1) is 16.2. The van der Waals surface area contributed by atoms with Gasteiger partial charge < -0.3 is 5.11 Å². The quantitative estimate of drug-likeness (QED) is 0.790. The zero-order chi connectivity index (χ0) is 17.5. The smallest absolute Gasteiger partial charge is 0.329 e. The molecule has 0 fully saturated rings. The van der Waals surface area contributed by atoms with Gasteiger partial charge in [0.05, 0.1) is 5.56 Å². The molecule has 0 saturated heterocycles.